The van der Waals surface area contributed by atoms with E-state index in [1.54, 1.807) is 13.1 Å². The molecule has 2 aliphatic carbocycles. The maximum atomic E-state index is 12.7. The van der Waals surface area contributed by atoms with E-state index in [4.69, 9.17) is 0 Å². The number of aromatic amines is 1. The van der Waals surface area contributed by atoms with Crippen molar-refractivity contribution in [2.24, 2.45) is 5.41 Å². The molecule has 3 fully saturated rings. The number of piperidine rings is 1. The van der Waals surface area contributed by atoms with Crippen molar-refractivity contribution in [2.75, 3.05) is 13.1 Å². The van der Waals surface area contributed by atoms with Crippen LogP contribution in [0.3, 0.4) is 0 Å². The second-order valence-corrected chi connectivity index (χ2v) is 8.67. The van der Waals surface area contributed by atoms with Gasteiger partial charge in [0.2, 0.25) is 5.91 Å². The minimum absolute atomic E-state index is 0.0210. The van der Waals surface area contributed by atoms with E-state index in [9.17, 15) is 9.59 Å². The zero-order valence-electron chi connectivity index (χ0n) is 15.8. The van der Waals surface area contributed by atoms with Crippen LogP contribution in [-0.2, 0) is 4.79 Å². The lowest BCUT2D eigenvalue weighted by Gasteiger charge is -2.33. The molecule has 2 amide bonds. The first kappa shape index (κ1) is 16.8. The molecular weight excluding hydrogens is 340 g/mol. The van der Waals surface area contributed by atoms with E-state index in [1.165, 1.54) is 25.7 Å². The molecule has 2 N–H and O–H groups in total. The molecule has 2 aromatic heterocycles. The Balaban J connectivity index is 1.23. The van der Waals surface area contributed by atoms with Gasteiger partial charge in [0.05, 0.1) is 11.7 Å². The zero-order valence-corrected chi connectivity index (χ0v) is 15.8. The maximum absolute atomic E-state index is 12.7. The average molecular weight is 366 g/mol. The summed E-state index contributed by atoms with van der Waals surface area (Å²) >= 11 is 0. The van der Waals surface area contributed by atoms with Crippen molar-refractivity contribution in [1.82, 2.24) is 20.2 Å². The highest BCUT2D eigenvalue weighted by molar-refractivity contribution is 6.00. The fraction of sp³-hybridized carbons (Fsp3) is 0.571. The van der Waals surface area contributed by atoms with Gasteiger partial charge in [0.1, 0.15) is 11.7 Å². The van der Waals surface area contributed by atoms with Crippen LogP contribution in [-0.4, -0.2) is 45.8 Å². The SMILES string of the molecule is C[C@H](NC(=O)c1cc2cc(C3CC3)ncc2[nH]1)C(=O)N1CCC2(CC1)CC2. The third-order valence-corrected chi connectivity index (χ3v) is 6.58. The van der Waals surface area contributed by atoms with Gasteiger partial charge in [-0.2, -0.15) is 0 Å². The number of carbonyl (C=O) groups is 2. The summed E-state index contributed by atoms with van der Waals surface area (Å²) < 4.78 is 0. The number of fused-ring (bicyclic) bond motifs is 1. The summed E-state index contributed by atoms with van der Waals surface area (Å²) in [5.74, 6) is 0.363. The first-order valence-corrected chi connectivity index (χ1v) is 10.1. The monoisotopic (exact) mass is 366 g/mol. The van der Waals surface area contributed by atoms with E-state index in [0.29, 0.717) is 17.0 Å². The quantitative estimate of drug-likeness (QED) is 0.873. The van der Waals surface area contributed by atoms with Crippen molar-refractivity contribution >= 4 is 22.7 Å². The number of rotatable bonds is 4. The number of hydrogen-bond donors (Lipinski definition) is 2. The number of pyridine rings is 1. The van der Waals surface area contributed by atoms with Gasteiger partial charge in [-0.05, 0) is 63.0 Å². The Morgan fingerprint density at radius 2 is 1.96 bits per heavy atom. The fourth-order valence-electron chi connectivity index (χ4n) is 4.26. The highest BCUT2D eigenvalue weighted by Crippen LogP contribution is 2.53. The Morgan fingerprint density at radius 3 is 2.63 bits per heavy atom. The van der Waals surface area contributed by atoms with Gasteiger partial charge >= 0.3 is 0 Å². The Labute approximate surface area is 158 Å². The number of nitrogens with zero attached hydrogens (tertiary/aromatic N) is 2. The van der Waals surface area contributed by atoms with E-state index in [1.807, 2.05) is 11.0 Å². The van der Waals surface area contributed by atoms with Crippen LogP contribution in [0, 0.1) is 5.41 Å². The maximum Gasteiger partial charge on any atom is 0.268 e. The summed E-state index contributed by atoms with van der Waals surface area (Å²) in [7, 11) is 0. The summed E-state index contributed by atoms with van der Waals surface area (Å²) in [5, 5.41) is 3.86. The molecule has 0 radical (unpaired) electrons. The van der Waals surface area contributed by atoms with Crippen LogP contribution in [0.15, 0.2) is 18.3 Å². The number of amides is 2. The first-order valence-electron chi connectivity index (χ1n) is 10.1. The van der Waals surface area contributed by atoms with E-state index in [0.717, 1.165) is 42.5 Å². The van der Waals surface area contributed by atoms with Crippen LogP contribution in [0.5, 0.6) is 0 Å². The van der Waals surface area contributed by atoms with Gasteiger partial charge in [-0.1, -0.05) is 0 Å². The molecule has 142 valence electrons. The van der Waals surface area contributed by atoms with Gasteiger partial charge in [0, 0.05) is 30.1 Å². The molecule has 2 saturated carbocycles. The number of nitrogens with one attached hydrogen (secondary N) is 2. The summed E-state index contributed by atoms with van der Waals surface area (Å²) in [4.78, 5) is 34.8. The minimum atomic E-state index is -0.516. The summed E-state index contributed by atoms with van der Waals surface area (Å²) in [6, 6.07) is 3.40. The van der Waals surface area contributed by atoms with Crippen LogP contribution < -0.4 is 5.32 Å². The van der Waals surface area contributed by atoms with Gasteiger partial charge in [0.15, 0.2) is 0 Å². The van der Waals surface area contributed by atoms with E-state index in [-0.39, 0.29) is 11.8 Å². The predicted octanol–water partition coefficient (Wildman–Crippen LogP) is 2.96. The molecule has 3 aliphatic rings. The van der Waals surface area contributed by atoms with E-state index < -0.39 is 6.04 Å². The highest BCUT2D eigenvalue weighted by atomic mass is 16.2. The van der Waals surface area contributed by atoms with Crippen LogP contribution in [0.1, 0.15) is 67.5 Å². The molecule has 0 bridgehead atoms. The van der Waals surface area contributed by atoms with Crippen molar-refractivity contribution in [3.8, 4) is 0 Å². The second-order valence-electron chi connectivity index (χ2n) is 8.67. The van der Waals surface area contributed by atoms with Crippen molar-refractivity contribution in [3.63, 3.8) is 0 Å². The predicted molar refractivity (Wildman–Crippen MR) is 102 cm³/mol. The third-order valence-electron chi connectivity index (χ3n) is 6.58. The van der Waals surface area contributed by atoms with Crippen LogP contribution in [0.2, 0.25) is 0 Å². The molecule has 2 aromatic rings. The van der Waals surface area contributed by atoms with E-state index in [2.05, 4.69) is 21.4 Å². The third kappa shape index (κ3) is 3.22. The molecular formula is C21H26N4O2. The topological polar surface area (TPSA) is 78.1 Å². The van der Waals surface area contributed by atoms with Crippen LogP contribution >= 0.6 is 0 Å². The highest BCUT2D eigenvalue weighted by Gasteiger charge is 2.45. The molecule has 27 heavy (non-hydrogen) atoms. The fourth-order valence-corrected chi connectivity index (χ4v) is 4.26. The number of H-pyrrole nitrogens is 1. The van der Waals surface area contributed by atoms with Crippen molar-refractivity contribution in [3.05, 3.63) is 29.7 Å². The zero-order chi connectivity index (χ0) is 18.6. The van der Waals surface area contributed by atoms with Gasteiger partial charge in [-0.3, -0.25) is 14.6 Å². The number of hydrogen-bond acceptors (Lipinski definition) is 3. The smallest absolute Gasteiger partial charge is 0.268 e. The van der Waals surface area contributed by atoms with Gasteiger partial charge in [0.25, 0.3) is 5.91 Å². The lowest BCUT2D eigenvalue weighted by molar-refractivity contribution is -0.134. The lowest BCUT2D eigenvalue weighted by atomic mass is 9.93. The van der Waals surface area contributed by atoms with Gasteiger partial charge < -0.3 is 15.2 Å². The van der Waals surface area contributed by atoms with Crippen molar-refractivity contribution in [1.29, 1.82) is 0 Å². The molecule has 1 saturated heterocycles. The van der Waals surface area contributed by atoms with Crippen molar-refractivity contribution in [2.45, 2.75) is 57.4 Å². The van der Waals surface area contributed by atoms with Crippen LogP contribution in [0.4, 0.5) is 0 Å². The molecule has 1 atom stereocenters. The largest absolute Gasteiger partial charge is 0.349 e. The van der Waals surface area contributed by atoms with Gasteiger partial charge in [-0.25, -0.2) is 0 Å². The Morgan fingerprint density at radius 1 is 1.22 bits per heavy atom. The van der Waals surface area contributed by atoms with Crippen LogP contribution in [0.25, 0.3) is 10.9 Å². The molecule has 6 nitrogen and oxygen atoms in total. The molecule has 5 rings (SSSR count). The molecule has 1 aliphatic heterocycles. The number of aromatic nitrogens is 2. The number of carbonyl (C=O) groups excluding carboxylic acids is 2. The summed E-state index contributed by atoms with van der Waals surface area (Å²) in [6.45, 7) is 3.42. The Hall–Kier alpha value is -2.37. The summed E-state index contributed by atoms with van der Waals surface area (Å²) in [5.41, 5.74) is 2.99. The van der Waals surface area contributed by atoms with E-state index >= 15 is 0 Å². The van der Waals surface area contributed by atoms with Gasteiger partial charge in [-0.15, -0.1) is 0 Å². The lowest BCUT2D eigenvalue weighted by Crippen LogP contribution is -2.49. The van der Waals surface area contributed by atoms with Crippen molar-refractivity contribution < 1.29 is 9.59 Å². The molecule has 1 spiro atoms. The number of likely N-dealkylation sites (tertiary alicyclic amines) is 1. The standard InChI is InChI=1S/C21H26N4O2/c1-13(20(27)25-8-6-21(4-5-21)7-9-25)23-19(26)17-11-15-10-16(14-2-3-14)22-12-18(15)24-17/h10-14,24H,2-9H2,1H3,(H,23,26)/t13-/m0/s1. The average Bonchev–Trinajstić information content (AvgIpc) is 3.60. The molecule has 0 unspecified atom stereocenters. The minimum Gasteiger partial charge on any atom is -0.349 e. The molecule has 3 heterocycles. The molecule has 6 heteroatoms. The molecule has 0 aromatic carbocycles. The first-order chi connectivity index (χ1) is 13.0. The summed E-state index contributed by atoms with van der Waals surface area (Å²) in [6.07, 6.45) is 9.06. The second kappa shape index (κ2) is 6.08. The normalized spacial score (nSPS) is 22.0. The Kier molecular flexibility index (Phi) is 3.78. The Bertz CT molecular complexity index is 900.